The topological polar surface area (TPSA) is 155 Å². The predicted molar refractivity (Wildman–Crippen MR) is 179 cm³/mol. The van der Waals surface area contributed by atoms with Crippen LogP contribution in [0.25, 0.3) is 0 Å². The van der Waals surface area contributed by atoms with Crippen LogP contribution in [0.2, 0.25) is 0 Å². The van der Waals surface area contributed by atoms with Gasteiger partial charge in [0.2, 0.25) is 0 Å². The fourth-order valence-corrected chi connectivity index (χ4v) is 6.47. The Morgan fingerprint density at radius 3 is 2.50 bits per heavy atom. The van der Waals surface area contributed by atoms with E-state index in [1.165, 1.54) is 59.1 Å². The highest BCUT2D eigenvalue weighted by atomic mass is 32.2. The maximum atomic E-state index is 14.3. The fraction of sp³-hybridized carbons (Fsp3) is 0.485. The second-order valence-corrected chi connectivity index (χ2v) is 14.3. The van der Waals surface area contributed by atoms with E-state index >= 15 is 0 Å². The number of benzene rings is 2. The fourth-order valence-electron chi connectivity index (χ4n) is 5.32. The molecule has 0 radical (unpaired) electrons. The van der Waals surface area contributed by atoms with Gasteiger partial charge >= 0.3 is 6.03 Å². The molecule has 0 saturated carbocycles. The molecule has 2 heterocycles. The van der Waals surface area contributed by atoms with Crippen molar-refractivity contribution in [3.05, 3.63) is 66.4 Å². The molecular weight excluding hydrogens is 643 g/mol. The minimum atomic E-state index is -3.90. The second kappa shape index (κ2) is 16.4. The van der Waals surface area contributed by atoms with Crippen LogP contribution in [-0.2, 0) is 21.8 Å². The van der Waals surface area contributed by atoms with Gasteiger partial charge in [0.15, 0.2) is 5.03 Å². The number of aliphatic hydroxyl groups excluding tert-OH is 1. The van der Waals surface area contributed by atoms with Crippen LogP contribution in [0.15, 0.2) is 60.0 Å². The summed E-state index contributed by atoms with van der Waals surface area (Å²) >= 11 is 0. The van der Waals surface area contributed by atoms with E-state index in [9.17, 15) is 27.5 Å². The number of aliphatic hydroxyl groups is 1. The van der Waals surface area contributed by atoms with E-state index in [1.54, 1.807) is 30.7 Å². The number of likely N-dealkylation sites (N-methyl/N-ethyl adjacent to an activating group) is 1. The van der Waals surface area contributed by atoms with Gasteiger partial charge < -0.3 is 34.7 Å². The molecule has 262 valence electrons. The zero-order valence-electron chi connectivity index (χ0n) is 27.9. The molecule has 4 atom stereocenters. The van der Waals surface area contributed by atoms with Crippen molar-refractivity contribution in [2.45, 2.75) is 63.3 Å². The van der Waals surface area contributed by atoms with Gasteiger partial charge in [0.05, 0.1) is 36.7 Å². The summed E-state index contributed by atoms with van der Waals surface area (Å²) in [4.78, 5) is 32.6. The number of carbonyl (C=O) groups is 2. The molecule has 1 aliphatic rings. The Labute approximate surface area is 281 Å². The first-order valence-electron chi connectivity index (χ1n) is 15.9. The zero-order chi connectivity index (χ0) is 35.0. The second-order valence-electron chi connectivity index (χ2n) is 12.3. The molecule has 0 bridgehead atoms. The molecule has 0 unspecified atom stereocenters. The van der Waals surface area contributed by atoms with Crippen molar-refractivity contribution in [3.8, 4) is 5.75 Å². The molecule has 3 aromatic rings. The number of imidazole rings is 1. The van der Waals surface area contributed by atoms with E-state index in [-0.39, 0.29) is 42.3 Å². The summed E-state index contributed by atoms with van der Waals surface area (Å²) in [6.07, 6.45) is 4.16. The Morgan fingerprint density at radius 1 is 1.15 bits per heavy atom. The van der Waals surface area contributed by atoms with E-state index in [4.69, 9.17) is 9.47 Å². The third kappa shape index (κ3) is 9.52. The van der Waals surface area contributed by atoms with E-state index in [0.29, 0.717) is 36.6 Å². The van der Waals surface area contributed by atoms with E-state index < -0.39 is 39.9 Å². The number of halogens is 1. The Kier molecular flexibility index (Phi) is 12.5. The molecule has 4 rings (SSSR count). The van der Waals surface area contributed by atoms with Crippen molar-refractivity contribution in [1.29, 1.82) is 0 Å². The lowest BCUT2D eigenvalue weighted by atomic mass is 10.0. The number of urea groups is 1. The third-order valence-electron chi connectivity index (χ3n) is 8.20. The number of nitrogens with one attached hydrogen (secondary N) is 2. The minimum Gasteiger partial charge on any atom is -0.490 e. The van der Waals surface area contributed by atoms with Crippen molar-refractivity contribution < 1.29 is 37.0 Å². The van der Waals surface area contributed by atoms with E-state index in [0.717, 1.165) is 6.42 Å². The average molecular weight is 689 g/mol. The summed E-state index contributed by atoms with van der Waals surface area (Å²) in [5, 5.41) is 15.4. The molecule has 3 amide bonds. The number of ether oxygens (including phenoxy) is 2. The van der Waals surface area contributed by atoms with Crippen molar-refractivity contribution in [1.82, 2.24) is 18.8 Å². The first-order valence-corrected chi connectivity index (χ1v) is 17.3. The van der Waals surface area contributed by atoms with Crippen LogP contribution in [0.4, 0.5) is 20.6 Å². The number of anilines is 2. The molecule has 48 heavy (non-hydrogen) atoms. The Morgan fingerprint density at radius 2 is 1.83 bits per heavy atom. The van der Waals surface area contributed by atoms with Gasteiger partial charge in [-0.15, -0.1) is 0 Å². The molecule has 1 aliphatic heterocycles. The van der Waals surface area contributed by atoms with Gasteiger partial charge in [0.25, 0.3) is 15.9 Å². The number of hydrogen-bond donors (Lipinski definition) is 3. The molecule has 13 nitrogen and oxygen atoms in total. The van der Waals surface area contributed by atoms with Gasteiger partial charge in [-0.25, -0.2) is 22.6 Å². The highest BCUT2D eigenvalue weighted by Crippen LogP contribution is 2.29. The highest BCUT2D eigenvalue weighted by molar-refractivity contribution is 7.89. The number of nitrogens with zero attached hydrogens (tertiary/aromatic N) is 4. The van der Waals surface area contributed by atoms with Crippen molar-refractivity contribution in [3.63, 3.8) is 0 Å². The summed E-state index contributed by atoms with van der Waals surface area (Å²) in [5.41, 5.74) is 0.872. The normalized spacial score (nSPS) is 20.4. The molecule has 0 spiro atoms. The number of hydrogen-bond acceptors (Lipinski definition) is 8. The minimum absolute atomic E-state index is 0.0168. The van der Waals surface area contributed by atoms with Crippen LogP contribution in [0.1, 0.15) is 50.4 Å². The van der Waals surface area contributed by atoms with Gasteiger partial charge in [0, 0.05) is 57.3 Å². The predicted octanol–water partition coefficient (Wildman–Crippen LogP) is 4.32. The molecule has 3 N–H and O–H groups in total. The molecule has 0 fully saturated rings. The number of rotatable bonds is 8. The summed E-state index contributed by atoms with van der Waals surface area (Å²) < 4.78 is 55.2. The number of carbonyl (C=O) groups excluding carboxylic acids is 2. The molecule has 1 aromatic heterocycles. The highest BCUT2D eigenvalue weighted by Gasteiger charge is 2.33. The van der Waals surface area contributed by atoms with Gasteiger partial charge in [0.1, 0.15) is 11.6 Å². The monoisotopic (exact) mass is 688 g/mol. The molecule has 15 heteroatoms. The number of sulfonamides is 1. The van der Waals surface area contributed by atoms with Crippen LogP contribution < -0.4 is 15.4 Å². The summed E-state index contributed by atoms with van der Waals surface area (Å²) in [6.45, 7) is 5.68. The van der Waals surface area contributed by atoms with Crippen LogP contribution >= 0.6 is 0 Å². The first-order chi connectivity index (χ1) is 22.8. The van der Waals surface area contributed by atoms with Crippen molar-refractivity contribution in [2.75, 3.05) is 44.0 Å². The van der Waals surface area contributed by atoms with E-state index in [1.807, 2.05) is 13.8 Å². The summed E-state index contributed by atoms with van der Waals surface area (Å²) in [7, 11) is -0.741. The molecule has 0 saturated heterocycles. The number of fused-ring (bicyclic) bond motifs is 1. The van der Waals surface area contributed by atoms with Crippen LogP contribution in [0, 0.1) is 11.7 Å². The number of aryl methyl sites for hydroxylation is 1. The van der Waals surface area contributed by atoms with Crippen molar-refractivity contribution in [2.24, 2.45) is 13.0 Å². The maximum absolute atomic E-state index is 14.3. The Hall–Kier alpha value is -4.05. The first kappa shape index (κ1) is 36.8. The Balaban J connectivity index is 1.62. The van der Waals surface area contributed by atoms with Crippen LogP contribution in [0.5, 0.6) is 5.75 Å². The maximum Gasteiger partial charge on any atom is 0.323 e. The quantitative estimate of drug-likeness (QED) is 0.316. The number of aromatic nitrogens is 2. The van der Waals surface area contributed by atoms with Crippen LogP contribution in [-0.4, -0.2) is 95.8 Å². The number of amides is 3. The van der Waals surface area contributed by atoms with E-state index in [2.05, 4.69) is 15.6 Å². The summed E-state index contributed by atoms with van der Waals surface area (Å²) in [6, 6.07) is 8.85. The van der Waals surface area contributed by atoms with Crippen LogP contribution in [0.3, 0.4) is 0 Å². The average Bonchev–Trinajstić information content (AvgIpc) is 3.50. The summed E-state index contributed by atoms with van der Waals surface area (Å²) in [5.74, 6) is -0.919. The lowest BCUT2D eigenvalue weighted by Gasteiger charge is -2.35. The third-order valence-corrected chi connectivity index (χ3v) is 9.91. The van der Waals surface area contributed by atoms with Gasteiger partial charge in [-0.1, -0.05) is 6.92 Å². The van der Waals surface area contributed by atoms with Gasteiger partial charge in [-0.3, -0.25) is 4.79 Å². The SMILES string of the molecule is C[C@H](CO)N1C[C@H](C)[C@@H](CN(C)S(=O)(=O)c2cn(C)cn2)OCCCC[C@H](C)Oc2ccc(NC(=O)Nc3ccc(F)cc3)cc2C1=O. The lowest BCUT2D eigenvalue weighted by molar-refractivity contribution is -0.00835. The molecule has 2 aromatic carbocycles. The van der Waals surface area contributed by atoms with Crippen molar-refractivity contribution >= 4 is 33.3 Å². The standard InChI is InChI=1S/C33H45FN6O7S/c1-22-17-40(23(2)20-41)32(42)28-16-27(37-33(43)36-26-11-9-25(34)10-12-26)13-14-29(28)47-24(3)8-6-7-15-46-30(22)18-39(5)48(44,45)31-19-38(4)21-35-31/h9-14,16,19,21-24,30,41H,6-8,15,17-18,20H2,1-5H3,(H2,36,37,43)/t22-,23+,24-,30+/m0/s1. The molecular formula is C33H45FN6O7S. The molecule has 0 aliphatic carbocycles. The zero-order valence-corrected chi connectivity index (χ0v) is 28.7. The smallest absolute Gasteiger partial charge is 0.323 e. The largest absolute Gasteiger partial charge is 0.490 e. The van der Waals surface area contributed by atoms with Gasteiger partial charge in [-0.2, -0.15) is 4.31 Å². The van der Waals surface area contributed by atoms with Gasteiger partial charge in [-0.05, 0) is 75.6 Å². The Bertz CT molecular complexity index is 1650. The lowest BCUT2D eigenvalue weighted by Crippen LogP contribution is -2.48.